The van der Waals surface area contributed by atoms with Gasteiger partial charge < -0.3 is 29.9 Å². The SMILES string of the molecule is NCc1ccccc1.NS(=O)(=O)c1cc([N+](=O)[O-])ccc1Cl.NS(=O)(=O)c1cc([N+](=O)[O-])ccc1NCc1ccccc1.Nc1ccc(N)c(S(N)(=O)=O)c1.[CH3-].[Pd]. The zero-order chi connectivity index (χ0) is 41.6. The van der Waals surface area contributed by atoms with Gasteiger partial charge in [-0.1, -0.05) is 72.3 Å². The molecule has 0 aliphatic carbocycles. The van der Waals surface area contributed by atoms with Crippen LogP contribution in [0.4, 0.5) is 28.4 Å². The van der Waals surface area contributed by atoms with Gasteiger partial charge in [-0.2, -0.15) is 0 Å². The van der Waals surface area contributed by atoms with Crippen molar-refractivity contribution in [2.24, 2.45) is 21.2 Å². The van der Waals surface area contributed by atoms with Crippen LogP contribution in [0.3, 0.4) is 0 Å². The molecule has 24 heteroatoms. The topological polar surface area (TPSA) is 357 Å². The number of nitrogens with zero attached hydrogens (tertiary/aromatic N) is 2. The number of nitrogens with two attached hydrogens (primary N) is 6. The Bertz CT molecular complexity index is 2450. The Kier molecular flexibility index (Phi) is 21.2. The normalized spacial score (nSPS) is 10.5. The number of benzene rings is 5. The summed E-state index contributed by atoms with van der Waals surface area (Å²) in [5.74, 6) is 0. The van der Waals surface area contributed by atoms with Gasteiger partial charge in [-0.15, -0.1) is 0 Å². The van der Waals surface area contributed by atoms with Crippen molar-refractivity contribution in [1.29, 1.82) is 0 Å². The fourth-order valence-corrected chi connectivity index (χ4v) is 6.53. The van der Waals surface area contributed by atoms with Gasteiger partial charge in [0.1, 0.15) is 14.7 Å². The molecule has 0 unspecified atom stereocenters. The third-order valence-corrected chi connectivity index (χ3v) is 9.97. The molecule has 19 nitrogen and oxygen atoms in total. The molecule has 5 rings (SSSR count). The summed E-state index contributed by atoms with van der Waals surface area (Å²) < 4.78 is 66.6. The molecule has 5 aromatic rings. The van der Waals surface area contributed by atoms with Crippen LogP contribution in [0.1, 0.15) is 11.1 Å². The van der Waals surface area contributed by atoms with Crippen LogP contribution < -0.4 is 37.9 Å². The van der Waals surface area contributed by atoms with Crippen LogP contribution in [0.25, 0.3) is 0 Å². The molecular formula is C33H39ClN9O10PdS3-. The molecule has 0 spiro atoms. The average Bonchev–Trinajstić information content (AvgIpc) is 3.12. The van der Waals surface area contributed by atoms with E-state index in [4.69, 9.17) is 44.2 Å². The largest absolute Gasteiger partial charge is 0.399 e. The summed E-state index contributed by atoms with van der Waals surface area (Å²) in [6, 6.07) is 30.0. The molecule has 0 fully saturated rings. The number of halogens is 1. The fraction of sp³-hybridized carbons (Fsp3) is 0.0606. The number of hydrogen-bond donors (Lipinski definition) is 7. The summed E-state index contributed by atoms with van der Waals surface area (Å²) in [4.78, 5) is 18.8. The average molecular weight is 960 g/mol. The van der Waals surface area contributed by atoms with Crippen LogP contribution in [0.5, 0.6) is 0 Å². The van der Waals surface area contributed by atoms with Crippen LogP contribution in [0, 0.1) is 27.7 Å². The Balaban J connectivity index is 0.000000765. The number of nitrogens with one attached hydrogen (secondary N) is 1. The molecule has 0 aromatic heterocycles. The first kappa shape index (κ1) is 51.9. The molecule has 57 heavy (non-hydrogen) atoms. The number of non-ortho nitro benzene ring substituents is 2. The van der Waals surface area contributed by atoms with Crippen LogP contribution in [0.2, 0.25) is 5.02 Å². The number of rotatable bonds is 9. The third kappa shape index (κ3) is 17.7. The van der Waals surface area contributed by atoms with Gasteiger partial charge in [0.15, 0.2) is 0 Å². The smallest absolute Gasteiger partial charge is 0.270 e. The maximum absolute atomic E-state index is 11.6. The molecule has 0 aliphatic heterocycles. The van der Waals surface area contributed by atoms with Gasteiger partial charge in [-0.25, -0.2) is 40.7 Å². The van der Waals surface area contributed by atoms with Crippen molar-refractivity contribution in [2.45, 2.75) is 27.8 Å². The van der Waals surface area contributed by atoms with Crippen LogP contribution >= 0.6 is 11.6 Å². The second-order valence-electron chi connectivity index (χ2n) is 10.8. The second kappa shape index (κ2) is 23.2. The maximum Gasteiger partial charge on any atom is 0.270 e. The Morgan fingerprint density at radius 2 is 1.04 bits per heavy atom. The third-order valence-electron chi connectivity index (χ3n) is 6.66. The van der Waals surface area contributed by atoms with E-state index in [9.17, 15) is 45.5 Å². The van der Waals surface area contributed by atoms with E-state index in [1.807, 2.05) is 60.7 Å². The molecule has 0 heterocycles. The maximum atomic E-state index is 11.6. The van der Waals surface area contributed by atoms with Gasteiger partial charge in [0.2, 0.25) is 30.1 Å². The Hall–Kier alpha value is -5.06. The number of nitrogen functional groups attached to an aromatic ring is 2. The Morgan fingerprint density at radius 1 is 0.596 bits per heavy atom. The number of hydrogen-bond acceptors (Lipinski definition) is 14. The van der Waals surface area contributed by atoms with Crippen molar-refractivity contribution in [1.82, 2.24) is 0 Å². The molecule has 0 bridgehead atoms. The molecule has 312 valence electrons. The van der Waals surface area contributed by atoms with E-state index < -0.39 is 44.8 Å². The molecule has 0 amide bonds. The number of nitro benzene ring substituents is 2. The quantitative estimate of drug-likeness (QED) is 0.0363. The van der Waals surface area contributed by atoms with E-state index in [1.165, 1.54) is 35.9 Å². The first-order chi connectivity index (χ1) is 25.5. The molecule has 5 aromatic carbocycles. The zero-order valence-electron chi connectivity index (χ0n) is 29.7. The summed E-state index contributed by atoms with van der Waals surface area (Å²) in [7, 11) is -11.8. The van der Waals surface area contributed by atoms with E-state index in [1.54, 1.807) is 0 Å². The first-order valence-electron chi connectivity index (χ1n) is 15.0. The minimum atomic E-state index is -4.06. The summed E-state index contributed by atoms with van der Waals surface area (Å²) in [6.45, 7) is 1.02. The Labute approximate surface area is 348 Å². The summed E-state index contributed by atoms with van der Waals surface area (Å²) in [5.41, 5.74) is 18.1. The fourth-order valence-electron chi connectivity index (χ4n) is 4.03. The van der Waals surface area contributed by atoms with E-state index >= 15 is 0 Å². The van der Waals surface area contributed by atoms with Crippen molar-refractivity contribution in [3.63, 3.8) is 0 Å². The van der Waals surface area contributed by atoms with Gasteiger partial charge in [0, 0.05) is 63.5 Å². The molecule has 0 aliphatic rings. The van der Waals surface area contributed by atoms with Crippen molar-refractivity contribution < 1.29 is 55.5 Å². The number of anilines is 3. The van der Waals surface area contributed by atoms with Crippen molar-refractivity contribution >= 4 is 70.1 Å². The van der Waals surface area contributed by atoms with Gasteiger partial charge in [-0.05, 0) is 41.5 Å². The Morgan fingerprint density at radius 3 is 1.44 bits per heavy atom. The molecule has 0 saturated carbocycles. The van der Waals surface area contributed by atoms with E-state index in [0.29, 0.717) is 18.8 Å². The summed E-state index contributed by atoms with van der Waals surface area (Å²) in [6.07, 6.45) is 0. The number of primary sulfonamides is 3. The zero-order valence-corrected chi connectivity index (χ0v) is 34.5. The molecule has 13 N–H and O–H groups in total. The first-order valence-corrected chi connectivity index (χ1v) is 20.0. The van der Waals surface area contributed by atoms with E-state index in [0.717, 1.165) is 29.8 Å². The minimum Gasteiger partial charge on any atom is -0.399 e. The number of nitro groups is 2. The molecule has 0 radical (unpaired) electrons. The van der Waals surface area contributed by atoms with Crippen LogP contribution in [-0.2, 0) is 63.6 Å². The van der Waals surface area contributed by atoms with Gasteiger partial charge in [-0.3, -0.25) is 20.2 Å². The molecular weight excluding hydrogens is 920 g/mol. The van der Waals surface area contributed by atoms with Gasteiger partial charge in [0.05, 0.1) is 26.2 Å². The summed E-state index contributed by atoms with van der Waals surface area (Å²) in [5, 5.41) is 38.6. The van der Waals surface area contributed by atoms with Crippen molar-refractivity contribution in [2.75, 3.05) is 16.8 Å². The van der Waals surface area contributed by atoms with Gasteiger partial charge in [0.25, 0.3) is 11.4 Å². The predicted octanol–water partition coefficient (Wildman–Crippen LogP) is 3.84. The monoisotopic (exact) mass is 958 g/mol. The minimum absolute atomic E-state index is 0. The van der Waals surface area contributed by atoms with Crippen LogP contribution in [-0.4, -0.2) is 35.1 Å². The molecule has 0 atom stereocenters. The van der Waals surface area contributed by atoms with Crippen molar-refractivity contribution in [3.8, 4) is 0 Å². The van der Waals surface area contributed by atoms with E-state index in [-0.39, 0.29) is 65.4 Å². The van der Waals surface area contributed by atoms with E-state index in [2.05, 4.69) is 5.32 Å². The molecule has 0 saturated heterocycles. The summed E-state index contributed by atoms with van der Waals surface area (Å²) >= 11 is 5.50. The van der Waals surface area contributed by atoms with Crippen molar-refractivity contribution in [3.05, 3.63) is 159 Å². The second-order valence-corrected chi connectivity index (χ2v) is 15.8. The predicted molar refractivity (Wildman–Crippen MR) is 215 cm³/mol. The van der Waals surface area contributed by atoms with Gasteiger partial charge >= 0.3 is 0 Å². The number of sulfonamides is 3. The van der Waals surface area contributed by atoms with Crippen LogP contribution in [0.15, 0.2) is 130 Å². The standard InChI is InChI=1S/C13H13N3O4S.C7H9N.C6H5ClN2O4S.C6H9N3O2S.CH3.Pd/c14-21(19,20)13-8-11(16(17)18)6-7-12(13)15-9-10-4-2-1-3-5-10;8-6-7-4-2-1-3-5-7;7-5-2-1-4(9(10)11)3-6(5)14(8,12)13;7-4-1-2-5(8)6(3-4)12(9,10)11;;/h1-8,15H,9H2,(H2,14,19,20);1-5H,6,8H2;1-3H,(H2,8,12,13);1-3H,7-8H2,(H2,9,10,11);1H3;/q;;;;-1;.